The van der Waals surface area contributed by atoms with Crippen LogP contribution in [0.15, 0.2) is 42.5 Å². The Bertz CT molecular complexity index is 584. The second-order valence-corrected chi connectivity index (χ2v) is 5.61. The fraction of sp³-hybridized carbons (Fsp3) is 0.294. The molecule has 0 bridgehead atoms. The third-order valence-corrected chi connectivity index (χ3v) is 3.75. The van der Waals surface area contributed by atoms with Crippen LogP contribution in [0.5, 0.6) is 0 Å². The molecule has 0 spiro atoms. The number of hydrogen-bond acceptors (Lipinski definition) is 1. The predicted molar refractivity (Wildman–Crippen MR) is 82.6 cm³/mol. The van der Waals surface area contributed by atoms with Crippen molar-refractivity contribution in [3.8, 4) is 0 Å². The van der Waals surface area contributed by atoms with E-state index in [2.05, 4.69) is 5.32 Å². The fourth-order valence-electron chi connectivity index (χ4n) is 2.46. The molecule has 1 unspecified atom stereocenters. The van der Waals surface area contributed by atoms with E-state index < -0.39 is 0 Å². The molecule has 21 heavy (non-hydrogen) atoms. The highest BCUT2D eigenvalue weighted by molar-refractivity contribution is 6.30. The maximum atomic E-state index is 13.5. The van der Waals surface area contributed by atoms with E-state index in [0.717, 1.165) is 30.5 Å². The lowest BCUT2D eigenvalue weighted by Gasteiger charge is -2.17. The van der Waals surface area contributed by atoms with Gasteiger partial charge in [-0.2, -0.15) is 0 Å². The maximum Gasteiger partial charge on any atom is 0.142 e. The standard InChI is InChI=1S/C17H18ClF2N/c1-21-11-14(8-12-2-5-15(19)6-3-12)9-13-4-7-16(18)17(20)10-13/h2-7,10,14,21H,8-9,11H2,1H3. The van der Waals surface area contributed by atoms with E-state index in [1.165, 1.54) is 18.2 Å². The summed E-state index contributed by atoms with van der Waals surface area (Å²) < 4.78 is 26.4. The molecular formula is C17H18ClF2N. The highest BCUT2D eigenvalue weighted by atomic mass is 35.5. The van der Waals surface area contributed by atoms with E-state index in [-0.39, 0.29) is 16.7 Å². The smallest absolute Gasteiger partial charge is 0.142 e. The van der Waals surface area contributed by atoms with Crippen molar-refractivity contribution in [2.24, 2.45) is 5.92 Å². The Hall–Kier alpha value is -1.45. The summed E-state index contributed by atoms with van der Waals surface area (Å²) in [6, 6.07) is 11.4. The topological polar surface area (TPSA) is 12.0 Å². The van der Waals surface area contributed by atoms with Crippen molar-refractivity contribution < 1.29 is 8.78 Å². The van der Waals surface area contributed by atoms with Crippen molar-refractivity contribution in [1.29, 1.82) is 0 Å². The van der Waals surface area contributed by atoms with E-state index in [1.54, 1.807) is 18.2 Å². The second-order valence-electron chi connectivity index (χ2n) is 5.21. The van der Waals surface area contributed by atoms with Crippen molar-refractivity contribution in [2.45, 2.75) is 12.8 Å². The summed E-state index contributed by atoms with van der Waals surface area (Å²) in [7, 11) is 1.89. The maximum absolute atomic E-state index is 13.5. The molecule has 0 saturated heterocycles. The van der Waals surface area contributed by atoms with Gasteiger partial charge in [-0.25, -0.2) is 8.78 Å². The Morgan fingerprint density at radius 3 is 2.24 bits per heavy atom. The Labute approximate surface area is 128 Å². The van der Waals surface area contributed by atoms with Crippen LogP contribution < -0.4 is 5.32 Å². The van der Waals surface area contributed by atoms with Crippen LogP contribution in [0.25, 0.3) is 0 Å². The van der Waals surface area contributed by atoms with Crippen LogP contribution in [-0.4, -0.2) is 13.6 Å². The lowest BCUT2D eigenvalue weighted by atomic mass is 9.92. The summed E-state index contributed by atoms with van der Waals surface area (Å²) in [4.78, 5) is 0. The average molecular weight is 310 g/mol. The van der Waals surface area contributed by atoms with Gasteiger partial charge in [0.1, 0.15) is 11.6 Å². The lowest BCUT2D eigenvalue weighted by molar-refractivity contribution is 0.491. The molecule has 0 aliphatic rings. The van der Waals surface area contributed by atoms with Gasteiger partial charge < -0.3 is 5.32 Å². The first kappa shape index (κ1) is 15.9. The molecule has 0 fully saturated rings. The van der Waals surface area contributed by atoms with E-state index in [4.69, 9.17) is 11.6 Å². The summed E-state index contributed by atoms with van der Waals surface area (Å²) in [5.41, 5.74) is 1.99. The number of hydrogen-bond donors (Lipinski definition) is 1. The third kappa shape index (κ3) is 4.80. The van der Waals surface area contributed by atoms with E-state index in [9.17, 15) is 8.78 Å². The SMILES string of the molecule is CNCC(Cc1ccc(F)cc1)Cc1ccc(Cl)c(F)c1. The first-order valence-electron chi connectivity index (χ1n) is 6.91. The zero-order valence-electron chi connectivity index (χ0n) is 11.9. The van der Waals surface area contributed by atoms with Crippen LogP contribution in [-0.2, 0) is 12.8 Å². The van der Waals surface area contributed by atoms with Crippen LogP contribution in [0.4, 0.5) is 8.78 Å². The Morgan fingerprint density at radius 2 is 1.62 bits per heavy atom. The van der Waals surface area contributed by atoms with Gasteiger partial charge in [-0.05, 0) is 67.7 Å². The Balaban J connectivity index is 2.07. The number of nitrogens with one attached hydrogen (secondary N) is 1. The summed E-state index contributed by atoms with van der Waals surface area (Å²) in [5, 5.41) is 3.29. The third-order valence-electron chi connectivity index (χ3n) is 3.44. The molecule has 0 aliphatic carbocycles. The Kier molecular flexibility index (Phi) is 5.71. The average Bonchev–Trinajstić information content (AvgIpc) is 2.46. The molecule has 2 rings (SSSR count). The van der Waals surface area contributed by atoms with Crippen LogP contribution in [0.3, 0.4) is 0 Å². The molecular weight excluding hydrogens is 292 g/mol. The normalized spacial score (nSPS) is 12.4. The van der Waals surface area contributed by atoms with Crippen LogP contribution in [0.1, 0.15) is 11.1 Å². The molecule has 4 heteroatoms. The summed E-state index contributed by atoms with van der Waals surface area (Å²) in [5.74, 6) is -0.316. The van der Waals surface area contributed by atoms with E-state index >= 15 is 0 Å². The van der Waals surface area contributed by atoms with Gasteiger partial charge in [-0.1, -0.05) is 29.8 Å². The summed E-state index contributed by atoms with van der Waals surface area (Å²) >= 11 is 5.70. The molecule has 1 N–H and O–H groups in total. The first-order chi connectivity index (χ1) is 10.1. The highest BCUT2D eigenvalue weighted by Crippen LogP contribution is 2.20. The van der Waals surface area contributed by atoms with Crippen molar-refractivity contribution in [1.82, 2.24) is 5.32 Å². The van der Waals surface area contributed by atoms with Gasteiger partial charge >= 0.3 is 0 Å². The Morgan fingerprint density at radius 1 is 1.00 bits per heavy atom. The minimum Gasteiger partial charge on any atom is -0.319 e. The lowest BCUT2D eigenvalue weighted by Crippen LogP contribution is -2.22. The van der Waals surface area contributed by atoms with Crippen molar-refractivity contribution in [2.75, 3.05) is 13.6 Å². The number of benzene rings is 2. The summed E-state index contributed by atoms with van der Waals surface area (Å²) in [6.07, 6.45) is 1.55. The molecule has 2 aromatic carbocycles. The van der Waals surface area contributed by atoms with Gasteiger partial charge in [0.25, 0.3) is 0 Å². The van der Waals surface area contributed by atoms with Crippen LogP contribution >= 0.6 is 11.6 Å². The largest absolute Gasteiger partial charge is 0.319 e. The van der Waals surface area contributed by atoms with E-state index in [1.807, 2.05) is 13.1 Å². The quantitative estimate of drug-likeness (QED) is 0.841. The molecule has 2 aromatic rings. The van der Waals surface area contributed by atoms with Crippen LogP contribution in [0, 0.1) is 17.6 Å². The highest BCUT2D eigenvalue weighted by Gasteiger charge is 2.12. The molecule has 0 aliphatic heterocycles. The molecule has 0 radical (unpaired) electrons. The molecule has 0 aromatic heterocycles. The predicted octanol–water partition coefficient (Wildman–Crippen LogP) is 4.24. The summed E-state index contributed by atoms with van der Waals surface area (Å²) in [6.45, 7) is 0.807. The molecule has 0 heterocycles. The minimum absolute atomic E-state index is 0.141. The van der Waals surface area contributed by atoms with E-state index in [0.29, 0.717) is 5.92 Å². The van der Waals surface area contributed by atoms with Crippen molar-refractivity contribution in [3.05, 3.63) is 70.2 Å². The van der Waals surface area contributed by atoms with Gasteiger partial charge in [-0.3, -0.25) is 0 Å². The van der Waals surface area contributed by atoms with Gasteiger partial charge in [0.15, 0.2) is 0 Å². The molecule has 1 atom stereocenters. The number of halogens is 3. The van der Waals surface area contributed by atoms with Gasteiger partial charge in [0.2, 0.25) is 0 Å². The number of rotatable bonds is 6. The molecule has 0 amide bonds. The van der Waals surface area contributed by atoms with Gasteiger partial charge in [-0.15, -0.1) is 0 Å². The minimum atomic E-state index is -0.390. The first-order valence-corrected chi connectivity index (χ1v) is 7.29. The zero-order valence-corrected chi connectivity index (χ0v) is 12.6. The van der Waals surface area contributed by atoms with Gasteiger partial charge in [0, 0.05) is 0 Å². The van der Waals surface area contributed by atoms with Crippen molar-refractivity contribution >= 4 is 11.6 Å². The molecule has 112 valence electrons. The van der Waals surface area contributed by atoms with Crippen LogP contribution in [0.2, 0.25) is 5.02 Å². The monoisotopic (exact) mass is 309 g/mol. The molecule has 1 nitrogen and oxygen atoms in total. The fourth-order valence-corrected chi connectivity index (χ4v) is 2.58. The molecule has 0 saturated carbocycles. The van der Waals surface area contributed by atoms with Gasteiger partial charge in [0.05, 0.1) is 5.02 Å². The zero-order chi connectivity index (χ0) is 15.2. The van der Waals surface area contributed by atoms with Crippen molar-refractivity contribution in [3.63, 3.8) is 0 Å². The second kappa shape index (κ2) is 7.53.